The van der Waals surface area contributed by atoms with E-state index in [-0.39, 0.29) is 29.5 Å². The summed E-state index contributed by atoms with van der Waals surface area (Å²) in [6.07, 6.45) is 6.12. The minimum absolute atomic E-state index is 0.0510. The Bertz CT molecular complexity index is 1580. The van der Waals surface area contributed by atoms with Crippen molar-refractivity contribution in [2.45, 2.75) is 65.1 Å². The van der Waals surface area contributed by atoms with Crippen molar-refractivity contribution in [2.24, 2.45) is 7.05 Å². The summed E-state index contributed by atoms with van der Waals surface area (Å²) in [6.45, 7) is 9.85. The lowest BCUT2D eigenvalue weighted by molar-refractivity contribution is 0.00773. The highest BCUT2D eigenvalue weighted by Crippen LogP contribution is 2.35. The number of amides is 1. The quantitative estimate of drug-likeness (QED) is 0.432. The molecule has 0 unspecified atom stereocenters. The van der Waals surface area contributed by atoms with Crippen molar-refractivity contribution in [3.63, 3.8) is 0 Å². The maximum Gasteiger partial charge on any atom is 0.410 e. The molecule has 0 spiro atoms. The van der Waals surface area contributed by atoms with Gasteiger partial charge < -0.3 is 19.3 Å². The first-order chi connectivity index (χ1) is 17.4. The summed E-state index contributed by atoms with van der Waals surface area (Å²) in [6, 6.07) is 3.50. The highest BCUT2D eigenvalue weighted by atomic mass is 16.6. The largest absolute Gasteiger partial charge is 0.507 e. The summed E-state index contributed by atoms with van der Waals surface area (Å²) in [4.78, 5) is 36.8. The van der Waals surface area contributed by atoms with Crippen LogP contribution in [0.2, 0.25) is 0 Å². The van der Waals surface area contributed by atoms with E-state index in [9.17, 15) is 14.7 Å². The van der Waals surface area contributed by atoms with Crippen LogP contribution >= 0.6 is 0 Å². The molecule has 5 rings (SSSR count). The third kappa shape index (κ3) is 4.52. The molecule has 2 atom stereocenters. The maximum atomic E-state index is 13.4. The fourth-order valence-electron chi connectivity index (χ4n) is 5.07. The number of hydrogen-bond acceptors (Lipinski definition) is 7. The molecule has 0 radical (unpaired) electrons. The standard InChI is InChI=1S/C27H32N6O4/c1-15-11-18(7-9-32(15)26(36)37-27(3,4)5)33-10-8-21-20(25(33)35)13-28-24(29-21)19-12-17-14-31(6)30-22(17)16(2)23(19)34/h8,10,12-15,18,34H,7,9,11H2,1-6H3/t15-,18-/m1/s1. The van der Waals surface area contributed by atoms with Gasteiger partial charge in [-0.2, -0.15) is 5.10 Å². The molecule has 4 heterocycles. The SMILES string of the molecule is Cc1c(O)c(-c2ncc3c(=O)n([C@@H]4CCN(C(=O)OC(C)(C)C)[C@H](C)C4)ccc3n2)cc2cn(C)nc12. The van der Waals surface area contributed by atoms with Gasteiger partial charge in [-0.15, -0.1) is 0 Å². The van der Waals surface area contributed by atoms with Crippen molar-refractivity contribution >= 4 is 27.9 Å². The number of carbonyl (C=O) groups is 1. The van der Waals surface area contributed by atoms with Gasteiger partial charge in [-0.05, 0) is 59.6 Å². The number of pyridine rings is 1. The van der Waals surface area contributed by atoms with Gasteiger partial charge in [-0.1, -0.05) is 0 Å². The molecule has 3 aromatic heterocycles. The number of ether oxygens (including phenoxy) is 1. The van der Waals surface area contributed by atoms with E-state index < -0.39 is 5.60 Å². The molecule has 1 N–H and O–H groups in total. The van der Waals surface area contributed by atoms with Crippen LogP contribution in [0.15, 0.2) is 35.5 Å². The summed E-state index contributed by atoms with van der Waals surface area (Å²) >= 11 is 0. The van der Waals surface area contributed by atoms with Crippen molar-refractivity contribution in [2.75, 3.05) is 6.54 Å². The van der Waals surface area contributed by atoms with E-state index in [1.54, 1.807) is 26.4 Å². The van der Waals surface area contributed by atoms with E-state index in [0.29, 0.717) is 47.2 Å². The molecule has 10 nitrogen and oxygen atoms in total. The number of benzene rings is 1. The van der Waals surface area contributed by atoms with E-state index >= 15 is 0 Å². The second-order valence-corrected chi connectivity index (χ2v) is 10.9. The molecule has 0 bridgehead atoms. The summed E-state index contributed by atoms with van der Waals surface area (Å²) in [5.74, 6) is 0.417. The molecule has 194 valence electrons. The molecule has 1 aliphatic heterocycles. The number of aryl methyl sites for hydroxylation is 2. The van der Waals surface area contributed by atoms with Crippen LogP contribution in [0, 0.1) is 6.92 Å². The molecule has 1 amide bonds. The Morgan fingerprint density at radius 2 is 2.03 bits per heavy atom. The third-order valence-corrected chi connectivity index (χ3v) is 6.91. The van der Waals surface area contributed by atoms with Gasteiger partial charge in [-0.3, -0.25) is 9.48 Å². The summed E-state index contributed by atoms with van der Waals surface area (Å²) in [5, 5.41) is 16.5. The van der Waals surface area contributed by atoms with Crippen LogP contribution in [-0.4, -0.2) is 58.6 Å². The zero-order valence-corrected chi connectivity index (χ0v) is 22.0. The van der Waals surface area contributed by atoms with Crippen LogP contribution in [-0.2, 0) is 11.8 Å². The van der Waals surface area contributed by atoms with Crippen LogP contribution in [0.25, 0.3) is 33.2 Å². The number of phenols is 1. The molecular weight excluding hydrogens is 472 g/mol. The van der Waals surface area contributed by atoms with E-state index in [0.717, 1.165) is 10.9 Å². The fraction of sp³-hybridized carbons (Fsp3) is 0.444. The van der Waals surface area contributed by atoms with Crippen LogP contribution in [0.3, 0.4) is 0 Å². The minimum atomic E-state index is -0.555. The minimum Gasteiger partial charge on any atom is -0.507 e. The number of fused-ring (bicyclic) bond motifs is 2. The highest BCUT2D eigenvalue weighted by molar-refractivity contribution is 5.90. The first-order valence-electron chi connectivity index (χ1n) is 12.5. The highest BCUT2D eigenvalue weighted by Gasteiger charge is 2.33. The van der Waals surface area contributed by atoms with Crippen LogP contribution in [0.1, 0.15) is 52.1 Å². The average Bonchev–Trinajstić information content (AvgIpc) is 3.20. The van der Waals surface area contributed by atoms with Gasteiger partial charge >= 0.3 is 6.09 Å². The predicted molar refractivity (Wildman–Crippen MR) is 141 cm³/mol. The Kier molecular flexibility index (Phi) is 5.92. The molecule has 37 heavy (non-hydrogen) atoms. The molecular formula is C27H32N6O4. The van der Waals surface area contributed by atoms with Gasteiger partial charge in [-0.25, -0.2) is 14.8 Å². The van der Waals surface area contributed by atoms with Crippen molar-refractivity contribution in [1.29, 1.82) is 0 Å². The van der Waals surface area contributed by atoms with E-state index in [1.807, 2.05) is 53.9 Å². The molecule has 1 fully saturated rings. The molecule has 10 heteroatoms. The Morgan fingerprint density at radius 1 is 1.27 bits per heavy atom. The molecule has 1 saturated heterocycles. The second kappa shape index (κ2) is 8.86. The Hall–Kier alpha value is -3.95. The van der Waals surface area contributed by atoms with Crippen molar-refractivity contribution < 1.29 is 14.6 Å². The topological polar surface area (TPSA) is 115 Å². The zero-order valence-electron chi connectivity index (χ0n) is 22.0. The Labute approximate surface area is 214 Å². The number of piperidine rings is 1. The van der Waals surface area contributed by atoms with E-state index in [2.05, 4.69) is 15.1 Å². The molecule has 1 aromatic carbocycles. The third-order valence-electron chi connectivity index (χ3n) is 6.91. The molecule has 4 aromatic rings. The summed E-state index contributed by atoms with van der Waals surface area (Å²) < 4.78 is 8.96. The predicted octanol–water partition coefficient (Wildman–Crippen LogP) is 4.32. The van der Waals surface area contributed by atoms with E-state index in [4.69, 9.17) is 4.74 Å². The number of nitrogens with zero attached hydrogens (tertiary/aromatic N) is 6. The lowest BCUT2D eigenvalue weighted by Crippen LogP contribution is -2.47. The van der Waals surface area contributed by atoms with Gasteiger partial charge in [0.2, 0.25) is 0 Å². The van der Waals surface area contributed by atoms with Gasteiger partial charge in [0.1, 0.15) is 11.4 Å². The summed E-state index contributed by atoms with van der Waals surface area (Å²) in [7, 11) is 1.83. The molecule has 0 aliphatic carbocycles. The van der Waals surface area contributed by atoms with Gasteiger partial charge in [0.15, 0.2) is 5.82 Å². The van der Waals surface area contributed by atoms with Gasteiger partial charge in [0.05, 0.1) is 22.0 Å². The second-order valence-electron chi connectivity index (χ2n) is 10.9. The first kappa shape index (κ1) is 24.7. The normalized spacial score (nSPS) is 18.5. The molecule has 0 saturated carbocycles. The monoisotopic (exact) mass is 504 g/mol. The van der Waals surface area contributed by atoms with Gasteiger partial charge in [0.25, 0.3) is 5.56 Å². The summed E-state index contributed by atoms with van der Waals surface area (Å²) in [5.41, 5.74) is 1.65. The van der Waals surface area contributed by atoms with Crippen LogP contribution < -0.4 is 5.56 Å². The number of aromatic nitrogens is 5. The number of hydrogen-bond donors (Lipinski definition) is 1. The van der Waals surface area contributed by atoms with Crippen LogP contribution in [0.5, 0.6) is 5.75 Å². The zero-order chi connectivity index (χ0) is 26.6. The van der Waals surface area contributed by atoms with E-state index in [1.165, 1.54) is 6.20 Å². The van der Waals surface area contributed by atoms with Crippen molar-refractivity contribution in [3.8, 4) is 17.1 Å². The van der Waals surface area contributed by atoms with Gasteiger partial charge in [0, 0.05) is 55.2 Å². The van der Waals surface area contributed by atoms with Crippen LogP contribution in [0.4, 0.5) is 4.79 Å². The fourth-order valence-corrected chi connectivity index (χ4v) is 5.07. The first-order valence-corrected chi connectivity index (χ1v) is 12.5. The smallest absolute Gasteiger partial charge is 0.410 e. The number of aromatic hydroxyl groups is 1. The lowest BCUT2D eigenvalue weighted by Gasteiger charge is -2.38. The Morgan fingerprint density at radius 3 is 2.73 bits per heavy atom. The number of likely N-dealkylation sites (tertiary alicyclic amines) is 1. The number of carbonyl (C=O) groups excluding carboxylic acids is 1. The molecule has 1 aliphatic rings. The van der Waals surface area contributed by atoms with Crippen molar-refractivity contribution in [3.05, 3.63) is 46.6 Å². The number of phenolic OH excluding ortho intramolecular Hbond substituents is 1. The maximum absolute atomic E-state index is 13.4. The van der Waals surface area contributed by atoms with Crippen molar-refractivity contribution in [1.82, 2.24) is 29.2 Å². The average molecular weight is 505 g/mol. The Balaban J connectivity index is 1.43. The number of rotatable bonds is 2. The lowest BCUT2D eigenvalue weighted by atomic mass is 9.98.